The van der Waals surface area contributed by atoms with E-state index in [0.717, 1.165) is 5.56 Å². The average molecular weight is 457 g/mol. The van der Waals surface area contributed by atoms with Crippen molar-refractivity contribution in [2.45, 2.75) is 6.92 Å². The number of furan rings is 1. The van der Waals surface area contributed by atoms with E-state index in [1.807, 2.05) is 31.2 Å². The molecule has 0 saturated carbocycles. The van der Waals surface area contributed by atoms with E-state index in [0.29, 0.717) is 37.0 Å². The fourth-order valence-corrected chi connectivity index (χ4v) is 4.39. The number of hydrogen-bond acceptors (Lipinski definition) is 6. The Morgan fingerprint density at radius 3 is 2.60 bits per heavy atom. The first kappa shape index (κ1) is 20.3. The predicted molar refractivity (Wildman–Crippen MR) is 123 cm³/mol. The number of halogens is 1. The summed E-state index contributed by atoms with van der Waals surface area (Å²) in [6.45, 7) is 1.97. The molecule has 0 spiro atoms. The second kappa shape index (κ2) is 8.06. The molecule has 0 bridgehead atoms. The number of amides is 1. The Hall–Kier alpha value is -2.94. The van der Waals surface area contributed by atoms with E-state index in [-0.39, 0.29) is 11.6 Å². The smallest absolute Gasteiger partial charge is 0.270 e. The number of anilines is 1. The second-order valence-corrected chi connectivity index (χ2v) is 8.56. The Morgan fingerprint density at radius 2 is 1.90 bits per heavy atom. The lowest BCUT2D eigenvalue weighted by Crippen LogP contribution is -2.27. The number of thioether (sulfide) groups is 1. The van der Waals surface area contributed by atoms with Crippen LogP contribution in [0.5, 0.6) is 0 Å². The molecule has 3 aromatic rings. The molecule has 0 atom stereocenters. The van der Waals surface area contributed by atoms with Gasteiger partial charge in [0.05, 0.1) is 20.5 Å². The van der Waals surface area contributed by atoms with Gasteiger partial charge in [-0.2, -0.15) is 0 Å². The number of non-ortho nitro benzene ring substituents is 1. The van der Waals surface area contributed by atoms with Gasteiger partial charge in [0.2, 0.25) is 0 Å². The highest BCUT2D eigenvalue weighted by Gasteiger charge is 2.33. The summed E-state index contributed by atoms with van der Waals surface area (Å²) in [5.74, 6) is 0.543. The zero-order valence-corrected chi connectivity index (χ0v) is 17.9. The monoisotopic (exact) mass is 456 g/mol. The maximum atomic E-state index is 12.9. The Bertz CT molecular complexity index is 1220. The highest BCUT2D eigenvalue weighted by atomic mass is 35.5. The molecular weight excluding hydrogens is 444 g/mol. The Morgan fingerprint density at radius 1 is 1.17 bits per heavy atom. The molecule has 2 heterocycles. The predicted octanol–water partition coefficient (Wildman–Crippen LogP) is 6.22. The van der Waals surface area contributed by atoms with E-state index in [1.54, 1.807) is 18.2 Å². The number of nitro benzene ring substituents is 1. The van der Waals surface area contributed by atoms with Crippen molar-refractivity contribution in [2.75, 3.05) is 4.90 Å². The molecule has 30 heavy (non-hydrogen) atoms. The summed E-state index contributed by atoms with van der Waals surface area (Å²) in [6.07, 6.45) is 1.60. The zero-order valence-electron chi connectivity index (χ0n) is 15.5. The van der Waals surface area contributed by atoms with Gasteiger partial charge in [0, 0.05) is 23.8 Å². The number of thiocarbonyl (C=S) groups is 1. The molecule has 0 unspecified atom stereocenters. The normalized spacial score (nSPS) is 15.3. The maximum absolute atomic E-state index is 12.9. The summed E-state index contributed by atoms with van der Waals surface area (Å²) in [7, 11) is 0. The lowest BCUT2D eigenvalue weighted by atomic mass is 10.1. The van der Waals surface area contributed by atoms with Gasteiger partial charge in [0.1, 0.15) is 11.5 Å². The third-order valence-electron chi connectivity index (χ3n) is 4.41. The van der Waals surface area contributed by atoms with Crippen LogP contribution in [0.25, 0.3) is 17.4 Å². The van der Waals surface area contributed by atoms with E-state index in [2.05, 4.69) is 0 Å². The van der Waals surface area contributed by atoms with Crippen molar-refractivity contribution in [1.29, 1.82) is 0 Å². The average Bonchev–Trinajstić information content (AvgIpc) is 3.27. The molecule has 1 aliphatic rings. The van der Waals surface area contributed by atoms with Gasteiger partial charge >= 0.3 is 0 Å². The molecule has 2 aromatic carbocycles. The van der Waals surface area contributed by atoms with Crippen LogP contribution in [-0.2, 0) is 4.79 Å². The summed E-state index contributed by atoms with van der Waals surface area (Å²) < 4.78 is 6.21. The fourth-order valence-electron chi connectivity index (χ4n) is 2.90. The van der Waals surface area contributed by atoms with Crippen LogP contribution >= 0.6 is 35.6 Å². The number of aryl methyl sites for hydroxylation is 1. The molecule has 1 aliphatic heterocycles. The van der Waals surface area contributed by atoms with Crippen LogP contribution in [0.4, 0.5) is 11.4 Å². The molecule has 4 rings (SSSR count). The molecule has 1 fully saturated rings. The Labute approximate surface area is 186 Å². The highest BCUT2D eigenvalue weighted by Crippen LogP contribution is 2.37. The number of carbonyl (C=O) groups excluding carboxylic acids is 1. The summed E-state index contributed by atoms with van der Waals surface area (Å²) in [5.41, 5.74) is 2.10. The van der Waals surface area contributed by atoms with Gasteiger partial charge in [0.25, 0.3) is 11.6 Å². The van der Waals surface area contributed by atoms with Gasteiger partial charge in [-0.3, -0.25) is 19.8 Å². The zero-order chi connectivity index (χ0) is 21.4. The molecule has 0 N–H and O–H groups in total. The number of rotatable bonds is 4. The van der Waals surface area contributed by atoms with Crippen molar-refractivity contribution in [3.63, 3.8) is 0 Å². The van der Waals surface area contributed by atoms with Gasteiger partial charge < -0.3 is 4.42 Å². The van der Waals surface area contributed by atoms with Crippen LogP contribution in [0.1, 0.15) is 11.3 Å². The van der Waals surface area contributed by atoms with Crippen LogP contribution in [-0.4, -0.2) is 15.2 Å². The summed E-state index contributed by atoms with van der Waals surface area (Å²) >= 11 is 12.7. The molecular formula is C21H13ClN2O4S2. The summed E-state index contributed by atoms with van der Waals surface area (Å²) in [6, 6.07) is 15.0. The molecule has 0 radical (unpaired) electrons. The molecule has 1 amide bonds. The minimum Gasteiger partial charge on any atom is -0.457 e. The van der Waals surface area contributed by atoms with Crippen molar-refractivity contribution in [3.05, 3.63) is 86.0 Å². The largest absolute Gasteiger partial charge is 0.457 e. The number of carbonyl (C=O) groups is 1. The highest BCUT2D eigenvalue weighted by molar-refractivity contribution is 8.27. The minimum atomic E-state index is -0.500. The van der Waals surface area contributed by atoms with Gasteiger partial charge in [-0.1, -0.05) is 53.3 Å². The molecule has 0 aliphatic carbocycles. The molecule has 9 heteroatoms. The standard InChI is InChI=1S/C21H13ClN2O4S2/c1-12-2-4-13(5-3-12)23-20(25)19(30-21(23)29)11-15-7-9-18(28-15)16-10-14(24(26)27)6-8-17(16)22/h2-11H,1H3/b19-11+. The lowest BCUT2D eigenvalue weighted by molar-refractivity contribution is -0.384. The quantitative estimate of drug-likeness (QED) is 0.201. The fraction of sp³-hybridized carbons (Fsp3) is 0.0476. The molecule has 150 valence electrons. The van der Waals surface area contributed by atoms with Crippen LogP contribution < -0.4 is 4.90 Å². The molecule has 1 aromatic heterocycles. The van der Waals surface area contributed by atoms with Gasteiger partial charge in [-0.15, -0.1) is 0 Å². The number of hydrogen-bond donors (Lipinski definition) is 0. The van der Waals surface area contributed by atoms with Crippen LogP contribution in [0.3, 0.4) is 0 Å². The second-order valence-electron chi connectivity index (χ2n) is 6.48. The van der Waals surface area contributed by atoms with E-state index in [9.17, 15) is 14.9 Å². The number of benzene rings is 2. The van der Waals surface area contributed by atoms with Gasteiger partial charge in [0.15, 0.2) is 4.32 Å². The third-order valence-corrected chi connectivity index (χ3v) is 6.04. The third kappa shape index (κ3) is 3.89. The van der Waals surface area contributed by atoms with Crippen molar-refractivity contribution < 1.29 is 14.1 Å². The van der Waals surface area contributed by atoms with Crippen molar-refractivity contribution in [1.82, 2.24) is 0 Å². The lowest BCUT2D eigenvalue weighted by Gasteiger charge is -2.14. The summed E-state index contributed by atoms with van der Waals surface area (Å²) in [4.78, 5) is 25.3. The van der Waals surface area contributed by atoms with Crippen molar-refractivity contribution in [2.24, 2.45) is 0 Å². The molecule has 1 saturated heterocycles. The summed E-state index contributed by atoms with van der Waals surface area (Å²) in [5, 5.41) is 11.4. The Kier molecular flexibility index (Phi) is 5.46. The van der Waals surface area contributed by atoms with Crippen LogP contribution in [0.15, 0.2) is 63.9 Å². The van der Waals surface area contributed by atoms with Gasteiger partial charge in [-0.05, 0) is 37.3 Å². The van der Waals surface area contributed by atoms with Crippen LogP contribution in [0, 0.1) is 17.0 Å². The van der Waals surface area contributed by atoms with Crippen LogP contribution in [0.2, 0.25) is 5.02 Å². The first-order chi connectivity index (χ1) is 14.3. The van der Waals surface area contributed by atoms with Gasteiger partial charge in [-0.25, -0.2) is 0 Å². The van der Waals surface area contributed by atoms with Crippen molar-refractivity contribution in [3.8, 4) is 11.3 Å². The topological polar surface area (TPSA) is 76.6 Å². The van der Waals surface area contributed by atoms with E-state index >= 15 is 0 Å². The maximum Gasteiger partial charge on any atom is 0.270 e. The SMILES string of the molecule is Cc1ccc(N2C(=O)/C(=C\c3ccc(-c4cc([N+](=O)[O-])ccc4Cl)o3)SC2=S)cc1. The first-order valence-electron chi connectivity index (χ1n) is 8.72. The van der Waals surface area contributed by atoms with E-state index in [1.165, 1.54) is 34.9 Å². The van der Waals surface area contributed by atoms with E-state index < -0.39 is 4.92 Å². The number of nitro groups is 1. The van der Waals surface area contributed by atoms with E-state index in [4.69, 9.17) is 28.2 Å². The first-order valence-corrected chi connectivity index (χ1v) is 10.3. The Balaban J connectivity index is 1.63. The molecule has 6 nitrogen and oxygen atoms in total. The van der Waals surface area contributed by atoms with Crippen molar-refractivity contribution >= 4 is 63.3 Å². The number of nitrogens with zero attached hydrogens (tertiary/aromatic N) is 2. The minimum absolute atomic E-state index is 0.0914.